The lowest BCUT2D eigenvalue weighted by atomic mass is 9.80. The summed E-state index contributed by atoms with van der Waals surface area (Å²) in [6, 6.07) is 5.05. The number of hydrogen-bond acceptors (Lipinski definition) is 4. The lowest BCUT2D eigenvalue weighted by Crippen LogP contribution is -2.58. The molecule has 2 unspecified atom stereocenters. The number of rotatable bonds is 0. The number of carbonyl (C=O) groups is 1. The summed E-state index contributed by atoms with van der Waals surface area (Å²) in [5.74, 6) is -0.0297. The molecule has 0 radical (unpaired) electrons. The normalized spacial score (nSPS) is 32.3. The Morgan fingerprint density at radius 1 is 1.60 bits per heavy atom. The van der Waals surface area contributed by atoms with E-state index in [0.29, 0.717) is 6.54 Å². The molecule has 2 N–H and O–H groups in total. The summed E-state index contributed by atoms with van der Waals surface area (Å²) in [4.78, 5) is 11.7. The van der Waals surface area contributed by atoms with Gasteiger partial charge in [0.05, 0.1) is 0 Å². The molecular weight excluding hydrogens is 194 g/mol. The van der Waals surface area contributed by atoms with Gasteiger partial charge in [-0.15, -0.1) is 0 Å². The van der Waals surface area contributed by atoms with E-state index in [1.807, 2.05) is 0 Å². The molecule has 1 saturated heterocycles. The van der Waals surface area contributed by atoms with Gasteiger partial charge in [0.25, 0.3) is 0 Å². The molecule has 0 aromatic heterocycles. The Morgan fingerprint density at radius 2 is 2.40 bits per heavy atom. The Bertz CT molecular complexity index is 457. The molecule has 2 bridgehead atoms. The van der Waals surface area contributed by atoms with Crippen molar-refractivity contribution < 1.29 is 14.6 Å². The van der Waals surface area contributed by atoms with Gasteiger partial charge < -0.3 is 9.84 Å². The highest BCUT2D eigenvalue weighted by molar-refractivity contribution is 5.85. The van der Waals surface area contributed by atoms with E-state index in [-0.39, 0.29) is 17.8 Å². The number of carbonyl (C=O) groups excluding carboxylic acids is 1. The summed E-state index contributed by atoms with van der Waals surface area (Å²) < 4.78 is 5.26. The van der Waals surface area contributed by atoms with Gasteiger partial charge in [0.2, 0.25) is 0 Å². The molecule has 3 aliphatic rings. The monoisotopic (exact) mass is 205 g/mol. The lowest BCUT2D eigenvalue weighted by Gasteiger charge is -2.44. The SMILES string of the molecule is CC12NCC(OC1=O)c1cc(O)ccc12. The van der Waals surface area contributed by atoms with Crippen LogP contribution in [0.4, 0.5) is 0 Å². The van der Waals surface area contributed by atoms with Gasteiger partial charge >= 0.3 is 5.97 Å². The van der Waals surface area contributed by atoms with E-state index in [4.69, 9.17) is 4.74 Å². The zero-order valence-corrected chi connectivity index (χ0v) is 8.28. The van der Waals surface area contributed by atoms with E-state index < -0.39 is 5.54 Å². The Balaban J connectivity index is 2.27. The highest BCUT2D eigenvalue weighted by Gasteiger charge is 2.49. The van der Waals surface area contributed by atoms with E-state index in [2.05, 4.69) is 5.32 Å². The molecule has 2 atom stereocenters. The fraction of sp³-hybridized carbons (Fsp3) is 0.364. The van der Waals surface area contributed by atoms with E-state index in [1.54, 1.807) is 25.1 Å². The molecule has 0 aliphatic carbocycles. The standard InChI is InChI=1S/C11H11NO3/c1-11-8-3-2-6(13)4-7(8)9(5-12-11)15-10(11)14/h2-4,9,12-13H,5H2,1H3. The molecule has 0 saturated carbocycles. The summed E-state index contributed by atoms with van der Waals surface area (Å²) in [6.45, 7) is 2.42. The second-order valence-electron chi connectivity index (χ2n) is 4.17. The van der Waals surface area contributed by atoms with Crippen molar-refractivity contribution in [3.05, 3.63) is 29.3 Å². The van der Waals surface area contributed by atoms with Crippen LogP contribution in [0.5, 0.6) is 5.75 Å². The van der Waals surface area contributed by atoms with Crippen LogP contribution in [0.2, 0.25) is 0 Å². The predicted molar refractivity (Wildman–Crippen MR) is 52.3 cm³/mol. The maximum Gasteiger partial charge on any atom is 0.331 e. The topological polar surface area (TPSA) is 58.6 Å². The van der Waals surface area contributed by atoms with Crippen molar-refractivity contribution in [3.63, 3.8) is 0 Å². The van der Waals surface area contributed by atoms with Crippen LogP contribution in [-0.2, 0) is 15.1 Å². The lowest BCUT2D eigenvalue weighted by molar-refractivity contribution is -0.167. The predicted octanol–water partition coefficient (Wildman–Crippen LogP) is 0.808. The second kappa shape index (κ2) is 2.52. The highest BCUT2D eigenvalue weighted by atomic mass is 16.6. The molecule has 1 fully saturated rings. The van der Waals surface area contributed by atoms with Crippen LogP contribution in [0.3, 0.4) is 0 Å². The van der Waals surface area contributed by atoms with Crippen molar-refractivity contribution in [1.82, 2.24) is 5.32 Å². The van der Waals surface area contributed by atoms with Gasteiger partial charge in [-0.3, -0.25) is 5.32 Å². The number of nitrogens with one attached hydrogen (secondary N) is 1. The molecule has 0 spiro atoms. The third kappa shape index (κ3) is 0.969. The van der Waals surface area contributed by atoms with Crippen molar-refractivity contribution in [1.29, 1.82) is 0 Å². The summed E-state index contributed by atoms with van der Waals surface area (Å²) in [6.07, 6.45) is -0.263. The Morgan fingerprint density at radius 3 is 3.13 bits per heavy atom. The van der Waals surface area contributed by atoms with E-state index >= 15 is 0 Å². The van der Waals surface area contributed by atoms with Crippen LogP contribution in [0.15, 0.2) is 18.2 Å². The van der Waals surface area contributed by atoms with Crippen LogP contribution in [0.25, 0.3) is 0 Å². The quantitative estimate of drug-likeness (QED) is 0.615. The minimum atomic E-state index is -0.752. The second-order valence-corrected chi connectivity index (χ2v) is 4.17. The first-order valence-electron chi connectivity index (χ1n) is 4.91. The first-order chi connectivity index (χ1) is 7.11. The molecule has 4 heteroatoms. The first-order valence-corrected chi connectivity index (χ1v) is 4.91. The van der Waals surface area contributed by atoms with Gasteiger partial charge in [-0.2, -0.15) is 0 Å². The third-order valence-corrected chi connectivity index (χ3v) is 3.22. The fourth-order valence-corrected chi connectivity index (χ4v) is 2.31. The maximum atomic E-state index is 11.7. The van der Waals surface area contributed by atoms with E-state index in [9.17, 15) is 9.90 Å². The number of hydrogen-bond donors (Lipinski definition) is 2. The van der Waals surface area contributed by atoms with Crippen LogP contribution < -0.4 is 5.32 Å². The molecule has 3 aliphatic heterocycles. The van der Waals surface area contributed by atoms with Crippen molar-refractivity contribution in [2.45, 2.75) is 18.6 Å². The largest absolute Gasteiger partial charge is 0.508 e. The minimum Gasteiger partial charge on any atom is -0.508 e. The Kier molecular flexibility index (Phi) is 1.47. The smallest absolute Gasteiger partial charge is 0.331 e. The summed E-state index contributed by atoms with van der Waals surface area (Å²) in [5.41, 5.74) is 1.07. The number of morpholine rings is 1. The number of fused-ring (bicyclic) bond motifs is 2. The highest BCUT2D eigenvalue weighted by Crippen LogP contribution is 2.42. The number of aromatic hydroxyl groups is 1. The molecule has 15 heavy (non-hydrogen) atoms. The number of ether oxygens (including phenoxy) is 1. The third-order valence-electron chi connectivity index (χ3n) is 3.22. The van der Waals surface area contributed by atoms with Gasteiger partial charge in [-0.1, -0.05) is 6.07 Å². The van der Waals surface area contributed by atoms with Gasteiger partial charge in [-0.05, 0) is 24.6 Å². The van der Waals surface area contributed by atoms with Gasteiger partial charge in [0.1, 0.15) is 17.4 Å². The molecule has 0 amide bonds. The van der Waals surface area contributed by atoms with E-state index in [0.717, 1.165) is 11.1 Å². The Hall–Kier alpha value is -1.55. The number of benzene rings is 1. The van der Waals surface area contributed by atoms with Crippen molar-refractivity contribution >= 4 is 5.97 Å². The van der Waals surface area contributed by atoms with Gasteiger partial charge in [-0.25, -0.2) is 4.79 Å². The van der Waals surface area contributed by atoms with Crippen molar-refractivity contribution in [2.24, 2.45) is 0 Å². The maximum absolute atomic E-state index is 11.7. The summed E-state index contributed by atoms with van der Waals surface area (Å²) in [5, 5.41) is 12.6. The average molecular weight is 205 g/mol. The van der Waals surface area contributed by atoms with Crippen molar-refractivity contribution in [3.8, 4) is 5.75 Å². The van der Waals surface area contributed by atoms with Crippen molar-refractivity contribution in [2.75, 3.05) is 6.54 Å². The molecule has 3 heterocycles. The molecule has 1 aromatic carbocycles. The minimum absolute atomic E-state index is 0.209. The number of esters is 1. The average Bonchev–Trinajstić information content (AvgIpc) is 2.21. The molecule has 1 aromatic rings. The van der Waals surface area contributed by atoms with Crippen LogP contribution in [-0.4, -0.2) is 17.6 Å². The van der Waals surface area contributed by atoms with Crippen LogP contribution in [0.1, 0.15) is 24.2 Å². The number of phenols is 1. The molecular formula is C11H11NO3. The first kappa shape index (κ1) is 8.73. The molecule has 4 rings (SSSR count). The van der Waals surface area contributed by atoms with E-state index in [1.165, 1.54) is 0 Å². The Labute approximate surface area is 86.9 Å². The summed E-state index contributed by atoms with van der Waals surface area (Å²) >= 11 is 0. The van der Waals surface area contributed by atoms with Crippen LogP contribution >= 0.6 is 0 Å². The molecule has 78 valence electrons. The zero-order valence-electron chi connectivity index (χ0n) is 8.28. The zero-order chi connectivity index (χ0) is 10.6. The molecule has 4 nitrogen and oxygen atoms in total. The van der Waals surface area contributed by atoms with Gasteiger partial charge in [0.15, 0.2) is 0 Å². The fourth-order valence-electron chi connectivity index (χ4n) is 2.31. The van der Waals surface area contributed by atoms with Gasteiger partial charge in [0, 0.05) is 12.1 Å². The number of phenolic OH excluding ortho intramolecular Hbond substituents is 1. The van der Waals surface area contributed by atoms with Crippen LogP contribution in [0, 0.1) is 0 Å². The summed E-state index contributed by atoms with van der Waals surface area (Å²) in [7, 11) is 0.